The van der Waals surface area contributed by atoms with Crippen molar-refractivity contribution in [1.82, 2.24) is 5.32 Å². The van der Waals surface area contributed by atoms with Crippen LogP contribution in [0.2, 0.25) is 5.02 Å². The van der Waals surface area contributed by atoms with Crippen LogP contribution in [0, 0.1) is 0 Å². The van der Waals surface area contributed by atoms with Gasteiger partial charge in [-0.05, 0) is 54.2 Å². The van der Waals surface area contributed by atoms with E-state index in [-0.39, 0.29) is 10.9 Å². The molecule has 4 rings (SSSR count). The topological polar surface area (TPSA) is 54.6 Å². The molecule has 158 valence electrons. The third-order valence-electron chi connectivity index (χ3n) is 4.17. The summed E-state index contributed by atoms with van der Waals surface area (Å²) in [4.78, 5) is 16.6. The second-order valence-electron chi connectivity index (χ2n) is 6.35. The van der Waals surface area contributed by atoms with Crippen molar-refractivity contribution in [3.63, 3.8) is 0 Å². The Balaban J connectivity index is 1.55. The van der Waals surface area contributed by atoms with Crippen molar-refractivity contribution < 1.29 is 22.4 Å². The molecule has 0 atom stereocenters. The average Bonchev–Trinajstić information content (AvgIpc) is 3.30. The van der Waals surface area contributed by atoms with Gasteiger partial charge in [-0.3, -0.25) is 4.79 Å². The predicted octanol–water partition coefficient (Wildman–Crippen LogP) is 7.27. The number of aliphatic imine (C=N–C) groups is 1. The van der Waals surface area contributed by atoms with E-state index in [1.54, 1.807) is 18.2 Å². The van der Waals surface area contributed by atoms with Gasteiger partial charge in [0.15, 0.2) is 5.17 Å². The van der Waals surface area contributed by atoms with Crippen molar-refractivity contribution in [2.24, 2.45) is 4.99 Å². The first-order chi connectivity index (χ1) is 14.7. The minimum Gasteiger partial charge on any atom is -0.457 e. The molecule has 2 heterocycles. The highest BCUT2D eigenvalue weighted by Gasteiger charge is 2.33. The van der Waals surface area contributed by atoms with Crippen LogP contribution in [0.5, 0.6) is 0 Å². The lowest BCUT2D eigenvalue weighted by Gasteiger charge is -2.09. The Kier molecular flexibility index (Phi) is 6.00. The van der Waals surface area contributed by atoms with Gasteiger partial charge in [0.25, 0.3) is 5.91 Å². The number of amidine groups is 1. The van der Waals surface area contributed by atoms with Crippen LogP contribution < -0.4 is 5.32 Å². The lowest BCUT2D eigenvalue weighted by molar-refractivity contribution is -0.137. The summed E-state index contributed by atoms with van der Waals surface area (Å²) in [6.45, 7) is 0. The number of carbonyl (C=O) groups is 1. The number of benzene rings is 2. The first kappa shape index (κ1) is 21.7. The molecular formula is C21H11BrClF3N2O2S. The molecule has 31 heavy (non-hydrogen) atoms. The number of furan rings is 1. The van der Waals surface area contributed by atoms with E-state index in [0.29, 0.717) is 16.4 Å². The van der Waals surface area contributed by atoms with Gasteiger partial charge in [-0.15, -0.1) is 0 Å². The van der Waals surface area contributed by atoms with Crippen LogP contribution in [-0.2, 0) is 11.0 Å². The number of alkyl halides is 3. The number of carbonyl (C=O) groups excluding carboxylic acids is 1. The van der Waals surface area contributed by atoms with Crippen LogP contribution in [0.15, 0.2) is 73.4 Å². The van der Waals surface area contributed by atoms with Crippen LogP contribution in [0.3, 0.4) is 0 Å². The number of amides is 1. The van der Waals surface area contributed by atoms with Crippen molar-refractivity contribution in [3.8, 4) is 11.3 Å². The van der Waals surface area contributed by atoms with Gasteiger partial charge in [0.05, 0.1) is 21.2 Å². The highest BCUT2D eigenvalue weighted by molar-refractivity contribution is 9.10. The molecule has 1 aliphatic heterocycles. The van der Waals surface area contributed by atoms with Crippen LogP contribution >= 0.6 is 39.3 Å². The van der Waals surface area contributed by atoms with Crippen molar-refractivity contribution in [3.05, 3.63) is 80.3 Å². The summed E-state index contributed by atoms with van der Waals surface area (Å²) in [5, 5.41) is 2.28. The van der Waals surface area contributed by atoms with Crippen LogP contribution in [0.1, 0.15) is 11.3 Å². The minimum atomic E-state index is -4.60. The molecule has 0 saturated carbocycles. The van der Waals surface area contributed by atoms with E-state index in [1.807, 2.05) is 24.3 Å². The zero-order valence-corrected chi connectivity index (χ0v) is 18.5. The minimum absolute atomic E-state index is 0.0244. The van der Waals surface area contributed by atoms with Gasteiger partial charge in [-0.2, -0.15) is 13.2 Å². The van der Waals surface area contributed by atoms with Crippen molar-refractivity contribution in [2.45, 2.75) is 6.18 Å². The fraction of sp³-hybridized carbons (Fsp3) is 0.0476. The van der Waals surface area contributed by atoms with E-state index in [1.165, 1.54) is 6.07 Å². The summed E-state index contributed by atoms with van der Waals surface area (Å²) in [5.74, 6) is 0.676. The molecule has 1 amide bonds. The lowest BCUT2D eigenvalue weighted by atomic mass is 10.2. The molecule has 0 spiro atoms. The van der Waals surface area contributed by atoms with Crippen molar-refractivity contribution in [1.29, 1.82) is 0 Å². The smallest absolute Gasteiger partial charge is 0.417 e. The Morgan fingerprint density at radius 1 is 1.10 bits per heavy atom. The molecule has 1 aromatic heterocycles. The van der Waals surface area contributed by atoms with E-state index >= 15 is 0 Å². The SMILES string of the molecule is O=C1NC(=Nc2ccc(Cl)c(C(F)(F)F)c2)SC1=Cc1ccc(-c2ccc(Br)cc2)o1. The highest BCUT2D eigenvalue weighted by atomic mass is 79.9. The largest absolute Gasteiger partial charge is 0.457 e. The van der Waals surface area contributed by atoms with E-state index in [9.17, 15) is 18.0 Å². The molecule has 1 fully saturated rings. The van der Waals surface area contributed by atoms with Crippen molar-refractivity contribution >= 4 is 62.1 Å². The summed E-state index contributed by atoms with van der Waals surface area (Å²) >= 11 is 10.00. The molecule has 3 aromatic rings. The number of rotatable bonds is 3. The van der Waals surface area contributed by atoms with Gasteiger partial charge >= 0.3 is 6.18 Å². The highest BCUT2D eigenvalue weighted by Crippen LogP contribution is 2.37. The third-order valence-corrected chi connectivity index (χ3v) is 5.93. The molecule has 1 N–H and O–H groups in total. The quantitative estimate of drug-likeness (QED) is 0.364. The van der Waals surface area contributed by atoms with Gasteiger partial charge < -0.3 is 9.73 Å². The van der Waals surface area contributed by atoms with E-state index < -0.39 is 22.7 Å². The van der Waals surface area contributed by atoms with Crippen LogP contribution in [-0.4, -0.2) is 11.1 Å². The first-order valence-electron chi connectivity index (χ1n) is 8.71. The number of hydrogen-bond acceptors (Lipinski definition) is 4. The summed E-state index contributed by atoms with van der Waals surface area (Å²) in [7, 11) is 0. The van der Waals surface area contributed by atoms with Gasteiger partial charge in [0, 0.05) is 16.1 Å². The lowest BCUT2D eigenvalue weighted by Crippen LogP contribution is -2.19. The maximum Gasteiger partial charge on any atom is 0.417 e. The molecule has 10 heteroatoms. The third kappa shape index (κ3) is 5.06. The molecule has 1 aliphatic rings. The molecular weight excluding hydrogens is 517 g/mol. The van der Waals surface area contributed by atoms with E-state index in [2.05, 4.69) is 26.2 Å². The monoisotopic (exact) mass is 526 g/mol. The maximum atomic E-state index is 13.0. The standard InChI is InChI=1S/C21H11BrClF3N2O2S/c22-12-3-1-11(2-4-12)17-8-6-14(30-17)10-18-19(29)28-20(31-18)27-13-5-7-16(23)15(9-13)21(24,25)26/h1-10H,(H,27,28,29). The fourth-order valence-electron chi connectivity index (χ4n) is 2.73. The zero-order valence-electron chi connectivity index (χ0n) is 15.3. The van der Waals surface area contributed by atoms with Crippen LogP contribution in [0.25, 0.3) is 17.4 Å². The average molecular weight is 528 g/mol. The molecule has 0 bridgehead atoms. The Hall–Kier alpha value is -2.49. The van der Waals surface area contributed by atoms with Gasteiger partial charge in [-0.1, -0.05) is 39.7 Å². The Morgan fingerprint density at radius 2 is 1.84 bits per heavy atom. The first-order valence-corrected chi connectivity index (χ1v) is 10.7. The van der Waals surface area contributed by atoms with Gasteiger partial charge in [0.1, 0.15) is 11.5 Å². The normalized spacial score (nSPS) is 16.9. The Bertz CT molecular complexity index is 1220. The number of nitrogens with one attached hydrogen (secondary N) is 1. The van der Waals surface area contributed by atoms with Crippen LogP contribution in [0.4, 0.5) is 18.9 Å². The second-order valence-corrected chi connectivity index (χ2v) is 8.71. The Morgan fingerprint density at radius 3 is 2.55 bits per heavy atom. The molecule has 4 nitrogen and oxygen atoms in total. The zero-order chi connectivity index (χ0) is 22.2. The van der Waals surface area contributed by atoms with E-state index in [0.717, 1.165) is 33.9 Å². The summed E-state index contributed by atoms with van der Waals surface area (Å²) in [6.07, 6.45) is -3.05. The molecule has 0 radical (unpaired) electrons. The Labute approximate surface area is 192 Å². The number of nitrogens with zero attached hydrogens (tertiary/aromatic N) is 1. The molecule has 1 saturated heterocycles. The summed E-state index contributed by atoms with van der Waals surface area (Å²) in [6, 6.07) is 14.4. The second kappa shape index (κ2) is 8.57. The summed E-state index contributed by atoms with van der Waals surface area (Å²) in [5.41, 5.74) is -0.0877. The molecule has 0 aliphatic carbocycles. The summed E-state index contributed by atoms with van der Waals surface area (Å²) < 4.78 is 45.8. The fourth-order valence-corrected chi connectivity index (χ4v) is 4.04. The van der Waals surface area contributed by atoms with Gasteiger partial charge in [-0.25, -0.2) is 4.99 Å². The molecule has 0 unspecified atom stereocenters. The van der Waals surface area contributed by atoms with E-state index in [4.69, 9.17) is 16.0 Å². The number of halogens is 5. The number of thioether (sulfide) groups is 1. The van der Waals surface area contributed by atoms with Gasteiger partial charge in [0.2, 0.25) is 0 Å². The van der Waals surface area contributed by atoms with Crippen molar-refractivity contribution in [2.75, 3.05) is 0 Å². The predicted molar refractivity (Wildman–Crippen MR) is 119 cm³/mol. The maximum absolute atomic E-state index is 13.0. The molecule has 2 aromatic carbocycles. The number of hydrogen-bond donors (Lipinski definition) is 1.